The van der Waals surface area contributed by atoms with Gasteiger partial charge in [-0.05, 0) is 67.6 Å². The van der Waals surface area contributed by atoms with E-state index in [-0.39, 0.29) is 10.7 Å². The van der Waals surface area contributed by atoms with Gasteiger partial charge in [0, 0.05) is 5.69 Å². The number of carbonyl (C=O) groups is 2. The third-order valence-electron chi connectivity index (χ3n) is 4.54. The van der Waals surface area contributed by atoms with E-state index in [0.717, 1.165) is 4.90 Å². The van der Waals surface area contributed by atoms with E-state index in [1.165, 1.54) is 0 Å². The number of carbonyl (C=O) groups excluding carboxylic acids is 2. The molecule has 4 rings (SSSR count). The van der Waals surface area contributed by atoms with Crippen LogP contribution in [0.5, 0.6) is 17.2 Å². The molecule has 0 radical (unpaired) electrons. The second-order valence-corrected chi connectivity index (χ2v) is 7.00. The predicted octanol–water partition coefficient (Wildman–Crippen LogP) is 5.31. The summed E-state index contributed by atoms with van der Waals surface area (Å²) >= 11 is 6.19. The first-order chi connectivity index (χ1) is 15.1. The monoisotopic (exact) mass is 434 g/mol. The Labute approximate surface area is 184 Å². The first-order valence-electron chi connectivity index (χ1n) is 9.68. The number of halogens is 1. The summed E-state index contributed by atoms with van der Waals surface area (Å²) in [5.41, 5.74) is 1.05. The zero-order valence-electron chi connectivity index (χ0n) is 16.7. The number of anilines is 2. The largest absolute Gasteiger partial charge is 0.494 e. The molecular formula is C24H19ClN2O4. The van der Waals surface area contributed by atoms with Crippen LogP contribution < -0.4 is 19.7 Å². The average Bonchev–Trinajstić information content (AvgIpc) is 3.00. The van der Waals surface area contributed by atoms with E-state index in [2.05, 4.69) is 5.32 Å². The van der Waals surface area contributed by atoms with Crippen molar-refractivity contribution >= 4 is 34.8 Å². The van der Waals surface area contributed by atoms with Crippen LogP contribution in [0.2, 0.25) is 0 Å². The van der Waals surface area contributed by atoms with Gasteiger partial charge in [-0.25, -0.2) is 4.90 Å². The van der Waals surface area contributed by atoms with Crippen molar-refractivity contribution in [3.8, 4) is 17.2 Å². The summed E-state index contributed by atoms with van der Waals surface area (Å²) < 4.78 is 11.2. The van der Waals surface area contributed by atoms with E-state index in [0.29, 0.717) is 35.2 Å². The normalized spacial score (nSPS) is 13.5. The Morgan fingerprint density at radius 3 is 2.06 bits per heavy atom. The van der Waals surface area contributed by atoms with Gasteiger partial charge in [0.1, 0.15) is 28.0 Å². The molecule has 3 aromatic carbocycles. The molecule has 0 saturated carbocycles. The van der Waals surface area contributed by atoms with Crippen LogP contribution in [0.4, 0.5) is 11.4 Å². The van der Waals surface area contributed by atoms with E-state index >= 15 is 0 Å². The van der Waals surface area contributed by atoms with Crippen LogP contribution in [0.25, 0.3) is 0 Å². The molecule has 0 aromatic heterocycles. The Balaban J connectivity index is 1.49. The zero-order valence-corrected chi connectivity index (χ0v) is 17.4. The summed E-state index contributed by atoms with van der Waals surface area (Å²) in [6.45, 7) is 2.45. The van der Waals surface area contributed by atoms with Gasteiger partial charge >= 0.3 is 0 Å². The smallest absolute Gasteiger partial charge is 0.283 e. The molecule has 0 fully saturated rings. The van der Waals surface area contributed by atoms with Crippen molar-refractivity contribution in [2.75, 3.05) is 16.8 Å². The molecule has 1 aliphatic heterocycles. The Morgan fingerprint density at radius 1 is 0.806 bits per heavy atom. The van der Waals surface area contributed by atoms with Crippen LogP contribution in [-0.4, -0.2) is 18.4 Å². The molecule has 1 heterocycles. The van der Waals surface area contributed by atoms with Crippen LogP contribution >= 0.6 is 11.6 Å². The van der Waals surface area contributed by atoms with E-state index in [9.17, 15) is 9.59 Å². The highest BCUT2D eigenvalue weighted by Crippen LogP contribution is 2.32. The van der Waals surface area contributed by atoms with Crippen LogP contribution in [0.15, 0.2) is 89.6 Å². The maximum atomic E-state index is 12.9. The second kappa shape index (κ2) is 8.93. The number of nitrogens with one attached hydrogen (secondary N) is 1. The van der Waals surface area contributed by atoms with Crippen LogP contribution in [0.3, 0.4) is 0 Å². The fraction of sp³-hybridized carbons (Fsp3) is 0.0833. The summed E-state index contributed by atoms with van der Waals surface area (Å²) in [4.78, 5) is 26.6. The molecule has 6 nitrogen and oxygen atoms in total. The number of amides is 2. The lowest BCUT2D eigenvalue weighted by Gasteiger charge is -2.16. The number of rotatable bonds is 7. The minimum Gasteiger partial charge on any atom is -0.494 e. The molecule has 0 atom stereocenters. The highest BCUT2D eigenvalue weighted by atomic mass is 35.5. The SMILES string of the molecule is CCOc1ccc(NC2=C(Cl)C(=O)N(c3ccc(Oc4ccccc4)cc3)C2=O)cc1. The molecule has 2 amide bonds. The van der Waals surface area contributed by atoms with Crippen molar-refractivity contribution in [3.63, 3.8) is 0 Å². The summed E-state index contributed by atoms with van der Waals surface area (Å²) in [7, 11) is 0. The molecule has 1 aliphatic rings. The lowest BCUT2D eigenvalue weighted by atomic mass is 10.2. The quantitative estimate of drug-likeness (QED) is 0.510. The molecule has 31 heavy (non-hydrogen) atoms. The van der Waals surface area contributed by atoms with Crippen molar-refractivity contribution in [2.24, 2.45) is 0 Å². The second-order valence-electron chi connectivity index (χ2n) is 6.63. The third-order valence-corrected chi connectivity index (χ3v) is 4.89. The van der Waals surface area contributed by atoms with Crippen molar-refractivity contribution in [1.29, 1.82) is 0 Å². The minimum absolute atomic E-state index is 0.0282. The molecule has 3 aromatic rings. The Hall–Kier alpha value is -3.77. The highest BCUT2D eigenvalue weighted by Gasteiger charge is 2.38. The molecule has 1 N–H and O–H groups in total. The Bertz CT molecular complexity index is 1130. The van der Waals surface area contributed by atoms with Crippen molar-refractivity contribution in [3.05, 3.63) is 89.6 Å². The molecule has 0 saturated heterocycles. The number of para-hydroxylation sites is 1. The third kappa shape index (κ3) is 4.39. The van der Waals surface area contributed by atoms with Gasteiger partial charge in [-0.15, -0.1) is 0 Å². The molecule has 0 spiro atoms. The topological polar surface area (TPSA) is 67.9 Å². The van der Waals surface area contributed by atoms with Gasteiger partial charge in [0.15, 0.2) is 0 Å². The first-order valence-corrected chi connectivity index (χ1v) is 10.1. The van der Waals surface area contributed by atoms with Crippen molar-refractivity contribution in [1.82, 2.24) is 0 Å². The summed E-state index contributed by atoms with van der Waals surface area (Å²) in [5, 5.41) is 2.78. The number of hydrogen-bond donors (Lipinski definition) is 1. The number of ether oxygens (including phenoxy) is 2. The van der Waals surface area contributed by atoms with Crippen LogP contribution in [-0.2, 0) is 9.59 Å². The van der Waals surface area contributed by atoms with Gasteiger partial charge in [0.2, 0.25) is 0 Å². The van der Waals surface area contributed by atoms with Gasteiger partial charge in [-0.3, -0.25) is 9.59 Å². The number of hydrogen-bond acceptors (Lipinski definition) is 5. The number of nitrogens with zero attached hydrogens (tertiary/aromatic N) is 1. The van der Waals surface area contributed by atoms with E-state index in [4.69, 9.17) is 21.1 Å². The van der Waals surface area contributed by atoms with E-state index in [1.807, 2.05) is 37.3 Å². The minimum atomic E-state index is -0.586. The maximum Gasteiger partial charge on any atom is 0.283 e. The summed E-state index contributed by atoms with van der Waals surface area (Å²) in [5.74, 6) is 0.870. The van der Waals surface area contributed by atoms with Crippen LogP contribution in [0.1, 0.15) is 6.92 Å². The molecule has 0 bridgehead atoms. The summed E-state index contributed by atoms with van der Waals surface area (Å²) in [6.07, 6.45) is 0. The predicted molar refractivity (Wildman–Crippen MR) is 120 cm³/mol. The Morgan fingerprint density at radius 2 is 1.42 bits per heavy atom. The van der Waals surface area contributed by atoms with E-state index in [1.54, 1.807) is 48.5 Å². The Kier molecular flexibility index (Phi) is 5.91. The molecule has 156 valence electrons. The number of benzene rings is 3. The van der Waals surface area contributed by atoms with Gasteiger partial charge in [0.05, 0.1) is 12.3 Å². The average molecular weight is 435 g/mol. The van der Waals surface area contributed by atoms with Crippen LogP contribution in [0, 0.1) is 0 Å². The standard InChI is InChI=1S/C24H19ClN2O4/c1-2-30-18-12-8-16(9-13-18)26-22-21(25)23(28)27(24(22)29)17-10-14-20(15-11-17)31-19-6-4-3-5-7-19/h3-15,26H,2H2,1H3. The van der Waals surface area contributed by atoms with Gasteiger partial charge in [-0.1, -0.05) is 29.8 Å². The maximum absolute atomic E-state index is 12.9. The van der Waals surface area contributed by atoms with Crippen molar-refractivity contribution in [2.45, 2.75) is 6.92 Å². The first kappa shape index (κ1) is 20.5. The number of imide groups is 1. The molecule has 0 unspecified atom stereocenters. The van der Waals surface area contributed by atoms with Crippen molar-refractivity contribution < 1.29 is 19.1 Å². The van der Waals surface area contributed by atoms with Gasteiger partial charge in [-0.2, -0.15) is 0 Å². The zero-order chi connectivity index (χ0) is 21.8. The fourth-order valence-electron chi connectivity index (χ4n) is 3.08. The molecule has 7 heteroatoms. The summed E-state index contributed by atoms with van der Waals surface area (Å²) in [6, 6.07) is 23.0. The van der Waals surface area contributed by atoms with Gasteiger partial charge in [0.25, 0.3) is 11.8 Å². The van der Waals surface area contributed by atoms with E-state index < -0.39 is 11.8 Å². The molecular weight excluding hydrogens is 416 g/mol. The fourth-order valence-corrected chi connectivity index (χ4v) is 3.29. The lowest BCUT2D eigenvalue weighted by Crippen LogP contribution is -2.32. The lowest BCUT2D eigenvalue weighted by molar-refractivity contribution is -0.120. The van der Waals surface area contributed by atoms with Gasteiger partial charge < -0.3 is 14.8 Å². The highest BCUT2D eigenvalue weighted by molar-refractivity contribution is 6.53. The molecule has 0 aliphatic carbocycles.